The molecule has 1 atom stereocenters. The minimum atomic E-state index is -0.404. The van der Waals surface area contributed by atoms with Crippen LogP contribution in [0.5, 0.6) is 0 Å². The van der Waals surface area contributed by atoms with Gasteiger partial charge < -0.3 is 0 Å². The van der Waals surface area contributed by atoms with E-state index in [1.165, 1.54) is 0 Å². The van der Waals surface area contributed by atoms with Crippen LogP contribution in [0.4, 0.5) is 5.69 Å². The average Bonchev–Trinajstić information content (AvgIpc) is 2.35. The van der Waals surface area contributed by atoms with Crippen LogP contribution >= 0.6 is 15.9 Å². The monoisotopic (exact) mass is 310 g/mol. The van der Waals surface area contributed by atoms with Crippen LogP contribution in [0.15, 0.2) is 22.7 Å². The summed E-state index contributed by atoms with van der Waals surface area (Å²) < 4.78 is 0.485. The van der Waals surface area contributed by atoms with Crippen LogP contribution in [0.3, 0.4) is 0 Å². The van der Waals surface area contributed by atoms with E-state index in [2.05, 4.69) is 34.1 Å². The van der Waals surface area contributed by atoms with Gasteiger partial charge in [-0.1, -0.05) is 25.3 Å². The Balaban J connectivity index is 2.71. The maximum Gasteiger partial charge on any atom is 0.283 e. The minimum Gasteiger partial charge on any atom is -0.300 e. The number of nitrogens with zero attached hydrogens (tertiary/aromatic N) is 1. The molecular weight excluding hydrogens is 296 g/mol. The van der Waals surface area contributed by atoms with Gasteiger partial charge >= 0.3 is 0 Å². The third kappa shape index (κ3) is 4.13. The van der Waals surface area contributed by atoms with Gasteiger partial charge in [-0.05, 0) is 34.0 Å². The lowest BCUT2D eigenvalue weighted by molar-refractivity contribution is -0.385. The lowest BCUT2D eigenvalue weighted by Crippen LogP contribution is -2.26. The molecule has 0 radical (unpaired) electrons. The van der Waals surface area contributed by atoms with Crippen molar-refractivity contribution in [2.24, 2.45) is 0 Å². The maximum atomic E-state index is 10.8. The van der Waals surface area contributed by atoms with Crippen LogP contribution in [-0.2, 0) is 6.54 Å². The Morgan fingerprint density at radius 3 is 2.89 bits per heavy atom. The average molecular weight is 311 g/mol. The number of hydrogen-bond donors (Lipinski definition) is 1. The fraction of sp³-hybridized carbons (Fsp3) is 0.385. The fourth-order valence-electron chi connectivity index (χ4n) is 1.58. The Bertz CT molecular complexity index is 469. The molecule has 0 spiro atoms. The lowest BCUT2D eigenvalue weighted by Gasteiger charge is -2.11. The molecule has 5 heteroatoms. The first-order valence-electron chi connectivity index (χ1n) is 5.70. The second kappa shape index (κ2) is 7.14. The molecule has 0 aliphatic carbocycles. The Morgan fingerprint density at radius 2 is 2.33 bits per heavy atom. The van der Waals surface area contributed by atoms with Crippen molar-refractivity contribution in [3.63, 3.8) is 0 Å². The zero-order valence-corrected chi connectivity index (χ0v) is 11.7. The van der Waals surface area contributed by atoms with E-state index in [4.69, 9.17) is 6.42 Å². The van der Waals surface area contributed by atoms with Gasteiger partial charge in [-0.15, -0.1) is 6.42 Å². The van der Waals surface area contributed by atoms with Crippen molar-refractivity contribution < 1.29 is 4.92 Å². The van der Waals surface area contributed by atoms with Gasteiger partial charge in [0.25, 0.3) is 5.69 Å². The number of hydrogen-bond acceptors (Lipinski definition) is 3. The van der Waals surface area contributed by atoms with Crippen molar-refractivity contribution in [3.05, 3.63) is 38.3 Å². The molecule has 0 bridgehead atoms. The molecule has 1 rings (SSSR count). The van der Waals surface area contributed by atoms with Crippen molar-refractivity contribution in [1.82, 2.24) is 5.32 Å². The van der Waals surface area contributed by atoms with Crippen LogP contribution in [-0.4, -0.2) is 11.0 Å². The molecule has 0 amide bonds. The molecule has 1 aromatic carbocycles. The molecule has 0 aliphatic heterocycles. The topological polar surface area (TPSA) is 55.2 Å². The Kier molecular flexibility index (Phi) is 5.83. The summed E-state index contributed by atoms with van der Waals surface area (Å²) in [6.07, 6.45) is 7.30. The first-order chi connectivity index (χ1) is 8.58. The van der Waals surface area contributed by atoms with Crippen LogP contribution in [0, 0.1) is 22.5 Å². The van der Waals surface area contributed by atoms with E-state index in [9.17, 15) is 10.1 Å². The lowest BCUT2D eigenvalue weighted by atomic mass is 10.1. The van der Waals surface area contributed by atoms with Crippen LogP contribution in [0.2, 0.25) is 0 Å². The number of rotatable bonds is 6. The molecule has 96 valence electrons. The third-order valence-electron chi connectivity index (χ3n) is 2.54. The first-order valence-corrected chi connectivity index (χ1v) is 6.50. The Hall–Kier alpha value is -1.38. The summed E-state index contributed by atoms with van der Waals surface area (Å²) in [7, 11) is 0. The summed E-state index contributed by atoms with van der Waals surface area (Å²) in [5, 5.41) is 14.0. The summed E-state index contributed by atoms with van der Waals surface area (Å²) in [6, 6.07) is 5.08. The standard InChI is InChI=1S/C13H15BrN2O2/c1-3-5-11(4-2)15-9-10-6-7-12(14)13(8-10)16(17)18/h2,6-8,11,15H,3,5,9H2,1H3. The largest absolute Gasteiger partial charge is 0.300 e. The SMILES string of the molecule is C#CC(CCC)NCc1ccc(Br)c([N+](=O)[O-])c1. The molecule has 0 saturated heterocycles. The van der Waals surface area contributed by atoms with Gasteiger partial charge in [0.2, 0.25) is 0 Å². The van der Waals surface area contributed by atoms with Crippen molar-refractivity contribution in [3.8, 4) is 12.3 Å². The molecule has 1 N–H and O–H groups in total. The molecule has 0 fully saturated rings. The van der Waals surface area contributed by atoms with E-state index >= 15 is 0 Å². The van der Waals surface area contributed by atoms with E-state index < -0.39 is 4.92 Å². The summed E-state index contributed by atoms with van der Waals surface area (Å²) in [5.74, 6) is 2.67. The summed E-state index contributed by atoms with van der Waals surface area (Å²) >= 11 is 3.16. The van der Waals surface area contributed by atoms with Gasteiger partial charge in [0, 0.05) is 12.6 Å². The highest BCUT2D eigenvalue weighted by molar-refractivity contribution is 9.10. The quantitative estimate of drug-likeness (QED) is 0.498. The van der Waals surface area contributed by atoms with Crippen molar-refractivity contribution >= 4 is 21.6 Å². The summed E-state index contributed by atoms with van der Waals surface area (Å²) in [6.45, 7) is 2.60. The summed E-state index contributed by atoms with van der Waals surface area (Å²) in [4.78, 5) is 10.4. The normalized spacial score (nSPS) is 11.8. The van der Waals surface area contributed by atoms with Crippen LogP contribution in [0.25, 0.3) is 0 Å². The molecule has 0 saturated carbocycles. The van der Waals surface area contributed by atoms with Gasteiger partial charge in [-0.3, -0.25) is 15.4 Å². The molecule has 0 aromatic heterocycles. The van der Waals surface area contributed by atoms with Crippen molar-refractivity contribution in [2.75, 3.05) is 0 Å². The highest BCUT2D eigenvalue weighted by atomic mass is 79.9. The predicted octanol–water partition coefficient (Wildman–Crippen LogP) is 3.25. The molecule has 0 aliphatic rings. The third-order valence-corrected chi connectivity index (χ3v) is 3.21. The molecular formula is C13H15BrN2O2. The number of terminal acetylenes is 1. The van der Waals surface area contributed by atoms with Gasteiger partial charge in [-0.2, -0.15) is 0 Å². The highest BCUT2D eigenvalue weighted by Crippen LogP contribution is 2.25. The maximum absolute atomic E-state index is 10.8. The first kappa shape index (κ1) is 14.7. The Labute approximate surface area is 115 Å². The predicted molar refractivity (Wildman–Crippen MR) is 75.2 cm³/mol. The minimum absolute atomic E-state index is 0.0118. The number of benzene rings is 1. The van der Waals surface area contributed by atoms with Crippen molar-refractivity contribution in [1.29, 1.82) is 0 Å². The van der Waals surface area contributed by atoms with Gasteiger partial charge in [0.15, 0.2) is 0 Å². The van der Waals surface area contributed by atoms with Gasteiger partial charge in [0.05, 0.1) is 15.4 Å². The number of nitrogens with one attached hydrogen (secondary N) is 1. The van der Waals surface area contributed by atoms with Gasteiger partial charge in [-0.25, -0.2) is 0 Å². The number of nitro groups is 1. The van der Waals surface area contributed by atoms with Crippen LogP contribution < -0.4 is 5.32 Å². The Morgan fingerprint density at radius 1 is 1.61 bits per heavy atom. The van der Waals surface area contributed by atoms with E-state index in [1.807, 2.05) is 6.07 Å². The molecule has 0 heterocycles. The smallest absolute Gasteiger partial charge is 0.283 e. The zero-order chi connectivity index (χ0) is 13.5. The molecule has 18 heavy (non-hydrogen) atoms. The van der Waals surface area contributed by atoms with Gasteiger partial charge in [0.1, 0.15) is 0 Å². The molecule has 1 unspecified atom stereocenters. The molecule has 4 nitrogen and oxygen atoms in total. The second-order valence-corrected chi connectivity index (χ2v) is 4.79. The zero-order valence-electron chi connectivity index (χ0n) is 10.1. The second-order valence-electron chi connectivity index (χ2n) is 3.93. The molecule has 1 aromatic rings. The van der Waals surface area contributed by atoms with Crippen molar-refractivity contribution in [2.45, 2.75) is 32.4 Å². The van der Waals surface area contributed by atoms with E-state index in [0.29, 0.717) is 11.0 Å². The number of halogens is 1. The van der Waals surface area contributed by atoms with Crippen LogP contribution in [0.1, 0.15) is 25.3 Å². The number of nitro benzene ring substituents is 1. The van der Waals surface area contributed by atoms with E-state index in [1.54, 1.807) is 12.1 Å². The summed E-state index contributed by atoms with van der Waals surface area (Å²) in [5.41, 5.74) is 0.920. The van der Waals surface area contributed by atoms with E-state index in [-0.39, 0.29) is 11.7 Å². The van der Waals surface area contributed by atoms with E-state index in [0.717, 1.165) is 18.4 Å². The highest BCUT2D eigenvalue weighted by Gasteiger charge is 2.12. The fourth-order valence-corrected chi connectivity index (χ4v) is 1.97.